The van der Waals surface area contributed by atoms with Crippen molar-refractivity contribution in [3.63, 3.8) is 0 Å². The van der Waals surface area contributed by atoms with Crippen molar-refractivity contribution in [2.75, 3.05) is 37.4 Å². The van der Waals surface area contributed by atoms with Gasteiger partial charge >= 0.3 is 0 Å². The molecule has 1 aliphatic heterocycles. The van der Waals surface area contributed by atoms with Crippen LogP contribution < -0.4 is 15.5 Å². The number of nitrogens with zero attached hydrogens (tertiary/aromatic N) is 3. The summed E-state index contributed by atoms with van der Waals surface area (Å²) in [7, 11) is 4.06. The van der Waals surface area contributed by atoms with Crippen LogP contribution in [0, 0.1) is 13.8 Å². The van der Waals surface area contributed by atoms with Crippen molar-refractivity contribution in [2.24, 2.45) is 0 Å². The molecule has 2 N–H and O–H groups in total. The molecule has 0 aliphatic carbocycles. The third-order valence-corrected chi connectivity index (χ3v) is 7.62. The summed E-state index contributed by atoms with van der Waals surface area (Å²) < 4.78 is 0. The maximum absolute atomic E-state index is 12.7. The van der Waals surface area contributed by atoms with Gasteiger partial charge in [-0.1, -0.05) is 29.3 Å². The van der Waals surface area contributed by atoms with Gasteiger partial charge in [-0.05, 0) is 68.7 Å². The molecule has 6 nitrogen and oxygen atoms in total. The first-order valence-electron chi connectivity index (χ1n) is 11.9. The van der Waals surface area contributed by atoms with E-state index in [9.17, 15) is 4.79 Å². The maximum Gasteiger partial charge on any atom is 0.271 e. The Kier molecular flexibility index (Phi) is 8.03. The highest BCUT2D eigenvalue weighted by Gasteiger charge is 2.25. The minimum atomic E-state index is -0.116. The number of anilines is 2. The summed E-state index contributed by atoms with van der Waals surface area (Å²) in [6.45, 7) is 6.40. The van der Waals surface area contributed by atoms with E-state index in [0.29, 0.717) is 18.2 Å². The lowest BCUT2D eigenvalue weighted by Gasteiger charge is -2.33. The Balaban J connectivity index is 1.26. The molecule has 2 aromatic carbocycles. The summed E-state index contributed by atoms with van der Waals surface area (Å²) in [4.78, 5) is 21.6. The van der Waals surface area contributed by atoms with Gasteiger partial charge in [-0.2, -0.15) is 0 Å². The largest absolute Gasteiger partial charge is 0.378 e. The molecule has 0 atom stereocenters. The SMILES string of the molecule is Cc1cc(C)cc(CNC(=O)c2csc(C3CCN(C(=S)Nc4ccc(N(C)C)cc4)CC3)n2)c1. The van der Waals surface area contributed by atoms with Gasteiger partial charge in [-0.15, -0.1) is 11.3 Å². The molecule has 4 rings (SSSR count). The fourth-order valence-corrected chi connectivity index (χ4v) is 5.67. The molecule has 8 heteroatoms. The smallest absolute Gasteiger partial charge is 0.271 e. The molecule has 2 heterocycles. The predicted octanol–water partition coefficient (Wildman–Crippen LogP) is 5.33. The predicted molar refractivity (Wildman–Crippen MR) is 150 cm³/mol. The van der Waals surface area contributed by atoms with E-state index in [4.69, 9.17) is 12.2 Å². The minimum Gasteiger partial charge on any atom is -0.378 e. The second-order valence-corrected chi connectivity index (χ2v) is 10.7. The molecule has 3 aromatic rings. The molecule has 0 unspecified atom stereocenters. The van der Waals surface area contributed by atoms with Gasteiger partial charge < -0.3 is 20.4 Å². The zero-order valence-electron chi connectivity index (χ0n) is 20.8. The zero-order valence-corrected chi connectivity index (χ0v) is 22.4. The van der Waals surface area contributed by atoms with E-state index in [2.05, 4.69) is 81.7 Å². The van der Waals surface area contributed by atoms with Gasteiger partial charge in [0.15, 0.2) is 5.11 Å². The quantitative estimate of drug-likeness (QED) is 0.440. The summed E-state index contributed by atoms with van der Waals surface area (Å²) in [5.41, 5.74) is 6.18. The Morgan fingerprint density at radius 2 is 1.77 bits per heavy atom. The number of benzene rings is 2. The maximum atomic E-state index is 12.7. The van der Waals surface area contributed by atoms with Gasteiger partial charge in [-0.3, -0.25) is 4.79 Å². The Bertz CT molecular complexity index is 1160. The highest BCUT2D eigenvalue weighted by molar-refractivity contribution is 7.80. The first-order valence-corrected chi connectivity index (χ1v) is 13.2. The summed E-state index contributed by atoms with van der Waals surface area (Å²) in [5, 5.41) is 10.0. The molecule has 0 saturated carbocycles. The molecule has 35 heavy (non-hydrogen) atoms. The second kappa shape index (κ2) is 11.2. The molecule has 0 spiro atoms. The van der Waals surface area contributed by atoms with E-state index < -0.39 is 0 Å². The van der Waals surface area contributed by atoms with E-state index in [0.717, 1.165) is 53.0 Å². The van der Waals surface area contributed by atoms with Crippen LogP contribution in [0.1, 0.15) is 50.9 Å². The topological polar surface area (TPSA) is 60.5 Å². The molecular weight excluding hydrogens is 474 g/mol. The Morgan fingerprint density at radius 3 is 2.40 bits per heavy atom. The Labute approximate surface area is 217 Å². The van der Waals surface area contributed by atoms with Crippen molar-refractivity contribution in [2.45, 2.75) is 39.2 Å². The number of amides is 1. The van der Waals surface area contributed by atoms with Crippen LogP contribution in [-0.2, 0) is 6.54 Å². The highest BCUT2D eigenvalue weighted by atomic mass is 32.1. The van der Waals surface area contributed by atoms with Crippen molar-refractivity contribution in [1.29, 1.82) is 0 Å². The number of aromatic nitrogens is 1. The molecule has 1 amide bonds. The molecule has 1 aliphatic rings. The van der Waals surface area contributed by atoms with E-state index in [1.165, 1.54) is 11.1 Å². The fraction of sp³-hybridized carbons (Fsp3) is 0.370. The van der Waals surface area contributed by atoms with Crippen LogP contribution in [0.15, 0.2) is 47.8 Å². The number of aryl methyl sites for hydroxylation is 2. The van der Waals surface area contributed by atoms with Crippen LogP contribution in [0.3, 0.4) is 0 Å². The number of hydrogen-bond acceptors (Lipinski definition) is 5. The van der Waals surface area contributed by atoms with Gasteiger partial charge in [0.2, 0.25) is 0 Å². The minimum absolute atomic E-state index is 0.116. The number of thiazole rings is 1. The van der Waals surface area contributed by atoms with E-state index in [1.54, 1.807) is 11.3 Å². The molecule has 1 fully saturated rings. The van der Waals surface area contributed by atoms with E-state index in [1.807, 2.05) is 19.5 Å². The molecule has 184 valence electrons. The molecule has 0 bridgehead atoms. The average Bonchev–Trinajstić information content (AvgIpc) is 3.33. The zero-order chi connectivity index (χ0) is 24.9. The van der Waals surface area contributed by atoms with Gasteiger partial charge in [0.1, 0.15) is 5.69 Å². The molecule has 1 aromatic heterocycles. The summed E-state index contributed by atoms with van der Waals surface area (Å²) >= 11 is 7.24. The van der Waals surface area contributed by atoms with Gasteiger partial charge in [0, 0.05) is 56.4 Å². The van der Waals surface area contributed by atoms with Crippen molar-refractivity contribution >= 4 is 45.9 Å². The number of thiocarbonyl (C=S) groups is 1. The third-order valence-electron chi connectivity index (χ3n) is 6.26. The summed E-state index contributed by atoms with van der Waals surface area (Å²) in [5.74, 6) is 0.245. The lowest BCUT2D eigenvalue weighted by molar-refractivity contribution is 0.0946. The van der Waals surface area contributed by atoms with Crippen LogP contribution in [0.4, 0.5) is 11.4 Å². The van der Waals surface area contributed by atoms with Gasteiger partial charge in [0.25, 0.3) is 5.91 Å². The summed E-state index contributed by atoms with van der Waals surface area (Å²) in [6, 6.07) is 14.6. The first kappa shape index (κ1) is 25.1. The van der Waals surface area contributed by atoms with Gasteiger partial charge in [-0.25, -0.2) is 4.98 Å². The van der Waals surface area contributed by atoms with E-state index >= 15 is 0 Å². The number of piperidine rings is 1. The third kappa shape index (κ3) is 6.58. The number of rotatable bonds is 6. The van der Waals surface area contributed by atoms with Crippen molar-refractivity contribution < 1.29 is 4.79 Å². The normalized spacial score (nSPS) is 14.0. The number of hydrogen-bond donors (Lipinski definition) is 2. The lowest BCUT2D eigenvalue weighted by atomic mass is 9.98. The molecule has 0 radical (unpaired) electrons. The average molecular weight is 508 g/mol. The van der Waals surface area contributed by atoms with E-state index in [-0.39, 0.29) is 5.91 Å². The molecule has 1 saturated heterocycles. The van der Waals surface area contributed by atoms with Crippen molar-refractivity contribution in [3.8, 4) is 0 Å². The number of carbonyl (C=O) groups excluding carboxylic acids is 1. The van der Waals surface area contributed by atoms with Crippen LogP contribution in [-0.4, -0.2) is 48.1 Å². The van der Waals surface area contributed by atoms with Crippen LogP contribution in [0.2, 0.25) is 0 Å². The highest BCUT2D eigenvalue weighted by Crippen LogP contribution is 2.30. The first-order chi connectivity index (χ1) is 16.8. The van der Waals surface area contributed by atoms with Crippen LogP contribution >= 0.6 is 23.6 Å². The number of nitrogens with one attached hydrogen (secondary N) is 2. The Hall–Kier alpha value is -2.97. The summed E-state index contributed by atoms with van der Waals surface area (Å²) in [6.07, 6.45) is 1.94. The van der Waals surface area contributed by atoms with Crippen LogP contribution in [0.5, 0.6) is 0 Å². The monoisotopic (exact) mass is 507 g/mol. The van der Waals surface area contributed by atoms with Crippen molar-refractivity contribution in [1.82, 2.24) is 15.2 Å². The van der Waals surface area contributed by atoms with Crippen molar-refractivity contribution in [3.05, 3.63) is 75.2 Å². The number of carbonyl (C=O) groups is 1. The van der Waals surface area contributed by atoms with Gasteiger partial charge in [0.05, 0.1) is 5.01 Å². The fourth-order valence-electron chi connectivity index (χ4n) is 4.40. The number of likely N-dealkylation sites (tertiary alicyclic amines) is 1. The molecular formula is C27H33N5OS2. The standard InChI is InChI=1S/C27H33N5OS2/c1-18-13-19(2)15-20(14-18)16-28-25(33)24-17-35-26(30-24)21-9-11-32(12-10-21)27(34)29-22-5-7-23(8-6-22)31(3)4/h5-8,13-15,17,21H,9-12,16H2,1-4H3,(H,28,33)(H,29,34). The Morgan fingerprint density at radius 1 is 1.11 bits per heavy atom. The van der Waals surface area contributed by atoms with Crippen LogP contribution in [0.25, 0.3) is 0 Å². The second-order valence-electron chi connectivity index (χ2n) is 9.38. The lowest BCUT2D eigenvalue weighted by Crippen LogP contribution is -2.40.